The molecule has 0 spiro atoms. The van der Waals surface area contributed by atoms with Gasteiger partial charge in [-0.1, -0.05) is 11.3 Å². The molecule has 0 aliphatic carbocycles. The fourth-order valence-corrected chi connectivity index (χ4v) is 5.46. The van der Waals surface area contributed by atoms with Crippen LogP contribution in [0, 0.1) is 12.7 Å². The Labute approximate surface area is 183 Å². The smallest absolute Gasteiger partial charge is 0.244 e. The van der Waals surface area contributed by atoms with Crippen LogP contribution in [-0.2, 0) is 16.6 Å². The fourth-order valence-electron chi connectivity index (χ4n) is 3.15. The molecule has 2 aromatic carbocycles. The molecule has 0 saturated carbocycles. The van der Waals surface area contributed by atoms with Gasteiger partial charge < -0.3 is 9.47 Å². The molecule has 0 amide bonds. The first-order chi connectivity index (χ1) is 14.8. The van der Waals surface area contributed by atoms with Gasteiger partial charge in [0.1, 0.15) is 22.2 Å². The monoisotopic (exact) mass is 461 g/mol. The highest BCUT2D eigenvalue weighted by Gasteiger charge is 2.22. The summed E-state index contributed by atoms with van der Waals surface area (Å²) >= 11 is 1.39. The Morgan fingerprint density at radius 2 is 1.87 bits per heavy atom. The van der Waals surface area contributed by atoms with Crippen LogP contribution in [0.25, 0.3) is 16.2 Å². The predicted octanol–water partition coefficient (Wildman–Crippen LogP) is 4.01. The van der Waals surface area contributed by atoms with Gasteiger partial charge in [0.15, 0.2) is 4.96 Å². The summed E-state index contributed by atoms with van der Waals surface area (Å²) in [6.07, 6.45) is 1.86. The number of aromatic nitrogens is 2. The van der Waals surface area contributed by atoms with Crippen molar-refractivity contribution in [2.45, 2.75) is 18.4 Å². The normalized spacial score (nSPS) is 11.7. The van der Waals surface area contributed by atoms with Gasteiger partial charge in [0.05, 0.1) is 19.9 Å². The van der Waals surface area contributed by atoms with Gasteiger partial charge in [0, 0.05) is 34.9 Å². The average molecular weight is 462 g/mol. The van der Waals surface area contributed by atoms with Gasteiger partial charge in [-0.15, -0.1) is 0 Å². The lowest BCUT2D eigenvalue weighted by atomic mass is 10.2. The zero-order chi connectivity index (χ0) is 22.2. The number of hydrogen-bond acceptors (Lipinski definition) is 6. The van der Waals surface area contributed by atoms with Crippen molar-refractivity contribution in [2.75, 3.05) is 14.2 Å². The van der Waals surface area contributed by atoms with Gasteiger partial charge in [-0.2, -0.15) is 0 Å². The van der Waals surface area contributed by atoms with E-state index in [-0.39, 0.29) is 23.0 Å². The largest absolute Gasteiger partial charge is 0.497 e. The van der Waals surface area contributed by atoms with Crippen LogP contribution in [0.15, 0.2) is 53.6 Å². The van der Waals surface area contributed by atoms with Crippen LogP contribution in [0.3, 0.4) is 0 Å². The van der Waals surface area contributed by atoms with Crippen LogP contribution in [0.1, 0.15) is 10.6 Å². The molecule has 31 heavy (non-hydrogen) atoms. The van der Waals surface area contributed by atoms with E-state index in [0.717, 1.165) is 26.8 Å². The van der Waals surface area contributed by atoms with Gasteiger partial charge in [0.25, 0.3) is 0 Å². The van der Waals surface area contributed by atoms with Crippen molar-refractivity contribution in [3.05, 3.63) is 65.0 Å². The predicted molar refractivity (Wildman–Crippen MR) is 117 cm³/mol. The third-order valence-corrected chi connectivity index (χ3v) is 7.46. The lowest BCUT2D eigenvalue weighted by Crippen LogP contribution is -2.23. The van der Waals surface area contributed by atoms with E-state index in [1.165, 1.54) is 43.8 Å². The molecule has 0 saturated heterocycles. The lowest BCUT2D eigenvalue weighted by Gasteiger charge is -2.12. The van der Waals surface area contributed by atoms with Crippen molar-refractivity contribution >= 4 is 26.3 Å². The van der Waals surface area contributed by atoms with Crippen LogP contribution in [-0.4, -0.2) is 32.0 Å². The van der Waals surface area contributed by atoms with Crippen molar-refractivity contribution in [3.8, 4) is 22.8 Å². The molecule has 0 fully saturated rings. The molecule has 0 aliphatic rings. The van der Waals surface area contributed by atoms with Gasteiger partial charge >= 0.3 is 0 Å². The highest BCUT2D eigenvalue weighted by Crippen LogP contribution is 2.30. The highest BCUT2D eigenvalue weighted by molar-refractivity contribution is 7.89. The number of fused-ring (bicyclic) bond motifs is 1. The van der Waals surface area contributed by atoms with Gasteiger partial charge in [-0.25, -0.2) is 22.5 Å². The molecular formula is C21H20FN3O4S2. The van der Waals surface area contributed by atoms with Gasteiger partial charge in [0.2, 0.25) is 10.0 Å². The third kappa shape index (κ3) is 4.14. The standard InChI is InChI=1S/C21H20FN3O4S2/c1-13-19(11-23-31(26,27)20-10-16(28-2)8-9-18(20)29-3)30-21-24-17(12-25(13)21)14-4-6-15(22)7-5-14/h4-10,12,23H,11H2,1-3H3. The number of sulfonamides is 1. The Balaban J connectivity index is 1.58. The Bertz CT molecular complexity index is 1350. The van der Waals surface area contributed by atoms with Crippen molar-refractivity contribution in [1.29, 1.82) is 0 Å². The first-order valence-electron chi connectivity index (χ1n) is 9.27. The Hall–Kier alpha value is -2.95. The zero-order valence-corrected chi connectivity index (χ0v) is 18.7. The highest BCUT2D eigenvalue weighted by atomic mass is 32.2. The summed E-state index contributed by atoms with van der Waals surface area (Å²) < 4.78 is 53.8. The summed E-state index contributed by atoms with van der Waals surface area (Å²) in [5.41, 5.74) is 2.41. The number of nitrogens with one attached hydrogen (secondary N) is 1. The maximum atomic E-state index is 13.2. The minimum absolute atomic E-state index is 0.00642. The van der Waals surface area contributed by atoms with Gasteiger partial charge in [-0.05, 0) is 43.3 Å². The first kappa shape index (κ1) is 21.3. The molecule has 2 aromatic heterocycles. The molecule has 162 valence electrons. The topological polar surface area (TPSA) is 81.9 Å². The number of thiazole rings is 1. The summed E-state index contributed by atoms with van der Waals surface area (Å²) in [6.45, 7) is 2.00. The second kappa shape index (κ2) is 8.29. The summed E-state index contributed by atoms with van der Waals surface area (Å²) in [4.78, 5) is 6.16. The number of nitrogens with zero attached hydrogens (tertiary/aromatic N) is 2. The Morgan fingerprint density at radius 1 is 1.13 bits per heavy atom. The number of imidazole rings is 1. The molecule has 1 N–H and O–H groups in total. The number of methoxy groups -OCH3 is 2. The molecule has 0 bridgehead atoms. The molecule has 0 radical (unpaired) electrons. The van der Waals surface area contributed by atoms with Gasteiger partial charge in [-0.3, -0.25) is 4.40 Å². The van der Waals surface area contributed by atoms with E-state index in [1.54, 1.807) is 24.3 Å². The van der Waals surface area contributed by atoms with E-state index in [4.69, 9.17) is 9.47 Å². The first-order valence-corrected chi connectivity index (χ1v) is 11.6. The Kier molecular flexibility index (Phi) is 5.69. The van der Waals surface area contributed by atoms with Crippen LogP contribution in [0.4, 0.5) is 4.39 Å². The molecule has 2 heterocycles. The third-order valence-electron chi connectivity index (χ3n) is 4.88. The molecule has 7 nitrogen and oxygen atoms in total. The van der Waals surface area contributed by atoms with Crippen molar-refractivity contribution in [1.82, 2.24) is 14.1 Å². The summed E-state index contributed by atoms with van der Waals surface area (Å²) in [5, 5.41) is 0. The number of halogens is 1. The molecule has 0 aliphatic heterocycles. The number of benzene rings is 2. The Morgan fingerprint density at radius 3 is 2.52 bits per heavy atom. The van der Waals surface area contributed by atoms with E-state index in [9.17, 15) is 12.8 Å². The number of rotatable bonds is 7. The van der Waals surface area contributed by atoms with E-state index < -0.39 is 10.0 Å². The fraction of sp³-hybridized carbons (Fsp3) is 0.190. The second-order valence-electron chi connectivity index (χ2n) is 6.74. The maximum absolute atomic E-state index is 13.2. The van der Waals surface area contributed by atoms with Crippen LogP contribution >= 0.6 is 11.3 Å². The van der Waals surface area contributed by atoms with E-state index >= 15 is 0 Å². The number of aryl methyl sites for hydroxylation is 1. The van der Waals surface area contributed by atoms with E-state index in [2.05, 4.69) is 9.71 Å². The zero-order valence-electron chi connectivity index (χ0n) is 17.0. The summed E-state index contributed by atoms with van der Waals surface area (Å²) in [5.74, 6) is 0.346. The number of hydrogen-bond donors (Lipinski definition) is 1. The van der Waals surface area contributed by atoms with Crippen LogP contribution in [0.2, 0.25) is 0 Å². The molecule has 0 atom stereocenters. The minimum atomic E-state index is -3.84. The van der Waals surface area contributed by atoms with Crippen molar-refractivity contribution in [2.24, 2.45) is 0 Å². The quantitative estimate of drug-likeness (QED) is 0.450. The summed E-state index contributed by atoms with van der Waals surface area (Å²) in [7, 11) is -0.956. The van der Waals surface area contributed by atoms with E-state index in [0.29, 0.717) is 5.75 Å². The second-order valence-corrected chi connectivity index (χ2v) is 9.54. The summed E-state index contributed by atoms with van der Waals surface area (Å²) in [6, 6.07) is 10.7. The van der Waals surface area contributed by atoms with Crippen molar-refractivity contribution < 1.29 is 22.3 Å². The van der Waals surface area contributed by atoms with Crippen LogP contribution in [0.5, 0.6) is 11.5 Å². The molecule has 0 unspecified atom stereocenters. The molecule has 4 rings (SSSR count). The number of ether oxygens (including phenoxy) is 2. The minimum Gasteiger partial charge on any atom is -0.497 e. The molecule has 10 heteroatoms. The maximum Gasteiger partial charge on any atom is 0.244 e. The SMILES string of the molecule is COc1ccc(OC)c(S(=O)(=O)NCc2sc3nc(-c4ccc(F)cc4)cn3c2C)c1. The van der Waals surface area contributed by atoms with Crippen LogP contribution < -0.4 is 14.2 Å². The molecular weight excluding hydrogens is 441 g/mol. The molecule has 4 aromatic rings. The van der Waals surface area contributed by atoms with Crippen molar-refractivity contribution in [3.63, 3.8) is 0 Å². The van der Waals surface area contributed by atoms with E-state index in [1.807, 2.05) is 17.5 Å². The lowest BCUT2D eigenvalue weighted by molar-refractivity contribution is 0.392. The average Bonchev–Trinajstić information content (AvgIpc) is 3.31.